The smallest absolute Gasteiger partial charge is 0.239 e. The Morgan fingerprint density at radius 3 is 3.11 bits per heavy atom. The SMILES string of the molecule is CN(Cc1ccccn1)C(=O)C1CCCCCN1. The van der Waals surface area contributed by atoms with Gasteiger partial charge in [0.2, 0.25) is 5.91 Å². The predicted molar refractivity (Wildman–Crippen MR) is 71.0 cm³/mol. The Hall–Kier alpha value is -1.42. The number of hydrogen-bond acceptors (Lipinski definition) is 3. The van der Waals surface area contributed by atoms with Crippen molar-refractivity contribution in [2.45, 2.75) is 38.3 Å². The fraction of sp³-hybridized carbons (Fsp3) is 0.571. The molecule has 1 aromatic heterocycles. The molecule has 0 saturated carbocycles. The number of amides is 1. The van der Waals surface area contributed by atoms with Crippen molar-refractivity contribution in [1.29, 1.82) is 0 Å². The Bertz CT molecular complexity index is 372. The first-order valence-electron chi connectivity index (χ1n) is 6.65. The van der Waals surface area contributed by atoms with Gasteiger partial charge in [0.25, 0.3) is 0 Å². The highest BCUT2D eigenvalue weighted by molar-refractivity contribution is 5.81. The van der Waals surface area contributed by atoms with Crippen LogP contribution in [0.2, 0.25) is 0 Å². The molecule has 0 bridgehead atoms. The van der Waals surface area contributed by atoms with E-state index in [0.29, 0.717) is 6.54 Å². The molecule has 2 rings (SSSR count). The van der Waals surface area contributed by atoms with Crippen LogP contribution in [0.15, 0.2) is 24.4 Å². The number of likely N-dealkylation sites (N-methyl/N-ethyl adjacent to an activating group) is 1. The lowest BCUT2D eigenvalue weighted by molar-refractivity contribution is -0.132. The highest BCUT2D eigenvalue weighted by Gasteiger charge is 2.22. The first-order chi connectivity index (χ1) is 8.77. The van der Waals surface area contributed by atoms with Gasteiger partial charge in [-0.25, -0.2) is 0 Å². The fourth-order valence-corrected chi connectivity index (χ4v) is 2.32. The van der Waals surface area contributed by atoms with Crippen molar-refractivity contribution >= 4 is 5.91 Å². The van der Waals surface area contributed by atoms with E-state index < -0.39 is 0 Å². The molecule has 1 saturated heterocycles. The number of aromatic nitrogens is 1. The summed E-state index contributed by atoms with van der Waals surface area (Å²) in [4.78, 5) is 18.3. The zero-order chi connectivity index (χ0) is 12.8. The molecule has 0 aliphatic carbocycles. The molecule has 1 N–H and O–H groups in total. The minimum atomic E-state index is -0.0128. The van der Waals surface area contributed by atoms with Gasteiger partial charge in [0.15, 0.2) is 0 Å². The Morgan fingerprint density at radius 2 is 2.33 bits per heavy atom. The van der Waals surface area contributed by atoms with Gasteiger partial charge in [-0.3, -0.25) is 9.78 Å². The van der Waals surface area contributed by atoms with Gasteiger partial charge < -0.3 is 10.2 Å². The summed E-state index contributed by atoms with van der Waals surface area (Å²) >= 11 is 0. The maximum Gasteiger partial charge on any atom is 0.239 e. The molecule has 1 amide bonds. The van der Waals surface area contributed by atoms with Crippen LogP contribution in [0.4, 0.5) is 0 Å². The molecule has 1 aromatic rings. The second kappa shape index (κ2) is 6.50. The topological polar surface area (TPSA) is 45.2 Å². The molecule has 18 heavy (non-hydrogen) atoms. The van der Waals surface area contributed by atoms with Gasteiger partial charge in [0.05, 0.1) is 18.3 Å². The molecule has 1 aliphatic rings. The van der Waals surface area contributed by atoms with Crippen LogP contribution in [0.25, 0.3) is 0 Å². The van der Waals surface area contributed by atoms with Crippen molar-refractivity contribution < 1.29 is 4.79 Å². The predicted octanol–water partition coefficient (Wildman–Crippen LogP) is 1.57. The van der Waals surface area contributed by atoms with Gasteiger partial charge in [-0.05, 0) is 31.5 Å². The molecule has 0 spiro atoms. The molecule has 0 aromatic carbocycles. The second-order valence-corrected chi connectivity index (χ2v) is 4.87. The summed E-state index contributed by atoms with van der Waals surface area (Å²) in [6.45, 7) is 1.53. The minimum absolute atomic E-state index is 0.0128. The summed E-state index contributed by atoms with van der Waals surface area (Å²) in [6.07, 6.45) is 6.25. The van der Waals surface area contributed by atoms with E-state index in [1.165, 1.54) is 12.8 Å². The van der Waals surface area contributed by atoms with Crippen LogP contribution in [-0.2, 0) is 11.3 Å². The summed E-state index contributed by atoms with van der Waals surface area (Å²) < 4.78 is 0. The lowest BCUT2D eigenvalue weighted by atomic mass is 10.1. The lowest BCUT2D eigenvalue weighted by Gasteiger charge is -2.23. The minimum Gasteiger partial charge on any atom is -0.339 e. The molecular weight excluding hydrogens is 226 g/mol. The quantitative estimate of drug-likeness (QED) is 0.882. The number of nitrogens with one attached hydrogen (secondary N) is 1. The number of rotatable bonds is 3. The van der Waals surface area contributed by atoms with Crippen LogP contribution in [0.1, 0.15) is 31.4 Å². The molecule has 2 heterocycles. The average Bonchev–Trinajstić information content (AvgIpc) is 2.68. The monoisotopic (exact) mass is 247 g/mol. The van der Waals surface area contributed by atoms with Crippen molar-refractivity contribution in [3.8, 4) is 0 Å². The third kappa shape index (κ3) is 3.53. The first-order valence-corrected chi connectivity index (χ1v) is 6.65. The third-order valence-electron chi connectivity index (χ3n) is 3.36. The summed E-state index contributed by atoms with van der Waals surface area (Å²) in [5.41, 5.74) is 0.932. The van der Waals surface area contributed by atoms with E-state index in [1.807, 2.05) is 25.2 Å². The van der Waals surface area contributed by atoms with Crippen LogP contribution < -0.4 is 5.32 Å². The summed E-state index contributed by atoms with van der Waals surface area (Å²) in [5, 5.41) is 3.34. The van der Waals surface area contributed by atoms with E-state index in [4.69, 9.17) is 0 Å². The molecule has 4 heteroatoms. The second-order valence-electron chi connectivity index (χ2n) is 4.87. The van der Waals surface area contributed by atoms with Gasteiger partial charge in [-0.1, -0.05) is 18.9 Å². The Balaban J connectivity index is 1.91. The molecule has 4 nitrogen and oxygen atoms in total. The van der Waals surface area contributed by atoms with Gasteiger partial charge >= 0.3 is 0 Å². The molecule has 1 aliphatic heterocycles. The summed E-state index contributed by atoms with van der Waals surface area (Å²) in [7, 11) is 1.85. The van der Waals surface area contributed by atoms with Crippen molar-refractivity contribution in [2.24, 2.45) is 0 Å². The normalized spacial score (nSPS) is 20.2. The molecular formula is C14H21N3O. The first kappa shape index (κ1) is 13.0. The van der Waals surface area contributed by atoms with Crippen molar-refractivity contribution in [3.63, 3.8) is 0 Å². The lowest BCUT2D eigenvalue weighted by Crippen LogP contribution is -2.44. The number of carbonyl (C=O) groups excluding carboxylic acids is 1. The largest absolute Gasteiger partial charge is 0.339 e. The zero-order valence-corrected chi connectivity index (χ0v) is 10.9. The van der Waals surface area contributed by atoms with Crippen LogP contribution in [-0.4, -0.2) is 35.4 Å². The van der Waals surface area contributed by atoms with Gasteiger partial charge in [0, 0.05) is 13.2 Å². The maximum atomic E-state index is 12.3. The molecule has 0 radical (unpaired) electrons. The van der Waals surface area contributed by atoms with Gasteiger partial charge in [-0.2, -0.15) is 0 Å². The highest BCUT2D eigenvalue weighted by atomic mass is 16.2. The number of carbonyl (C=O) groups is 1. The summed E-state index contributed by atoms with van der Waals surface area (Å²) in [5.74, 6) is 0.183. The van der Waals surface area contributed by atoms with Gasteiger partial charge in [0.1, 0.15) is 0 Å². The summed E-state index contributed by atoms with van der Waals surface area (Å²) in [6, 6.07) is 5.77. The Kier molecular flexibility index (Phi) is 4.70. The van der Waals surface area contributed by atoms with Crippen molar-refractivity contribution in [3.05, 3.63) is 30.1 Å². The van der Waals surface area contributed by atoms with E-state index in [1.54, 1.807) is 11.1 Å². The average molecular weight is 247 g/mol. The molecule has 1 atom stereocenters. The zero-order valence-electron chi connectivity index (χ0n) is 10.9. The molecule has 1 unspecified atom stereocenters. The number of nitrogens with zero attached hydrogens (tertiary/aromatic N) is 2. The maximum absolute atomic E-state index is 12.3. The van der Waals surface area contributed by atoms with E-state index in [2.05, 4.69) is 10.3 Å². The number of hydrogen-bond donors (Lipinski definition) is 1. The van der Waals surface area contributed by atoms with E-state index in [9.17, 15) is 4.79 Å². The van der Waals surface area contributed by atoms with Crippen LogP contribution in [0.3, 0.4) is 0 Å². The van der Waals surface area contributed by atoms with Crippen molar-refractivity contribution in [2.75, 3.05) is 13.6 Å². The van der Waals surface area contributed by atoms with Crippen LogP contribution in [0, 0.1) is 0 Å². The van der Waals surface area contributed by atoms with E-state index >= 15 is 0 Å². The Labute approximate surface area is 108 Å². The molecule has 98 valence electrons. The van der Waals surface area contributed by atoms with E-state index in [0.717, 1.165) is 25.1 Å². The number of pyridine rings is 1. The highest BCUT2D eigenvalue weighted by Crippen LogP contribution is 2.11. The van der Waals surface area contributed by atoms with Crippen molar-refractivity contribution in [1.82, 2.24) is 15.2 Å². The Morgan fingerprint density at radius 1 is 1.44 bits per heavy atom. The van der Waals surface area contributed by atoms with Gasteiger partial charge in [-0.15, -0.1) is 0 Å². The fourth-order valence-electron chi connectivity index (χ4n) is 2.32. The van der Waals surface area contributed by atoms with E-state index in [-0.39, 0.29) is 11.9 Å². The van der Waals surface area contributed by atoms with Crippen LogP contribution in [0.5, 0.6) is 0 Å². The standard InChI is InChI=1S/C14H21N3O/c1-17(11-12-7-4-6-9-15-12)14(18)13-8-3-2-5-10-16-13/h4,6-7,9,13,16H,2-3,5,8,10-11H2,1H3. The molecule has 1 fully saturated rings. The third-order valence-corrected chi connectivity index (χ3v) is 3.36. The van der Waals surface area contributed by atoms with Crippen LogP contribution >= 0.6 is 0 Å².